The molecular weight excluding hydrogens is 190 g/mol. The zero-order valence-electron chi connectivity index (χ0n) is 7.86. The van der Waals surface area contributed by atoms with E-state index in [0.29, 0.717) is 26.2 Å². The molecule has 0 radical (unpaired) electrons. The van der Waals surface area contributed by atoms with E-state index in [1.807, 2.05) is 6.92 Å². The molecule has 1 heterocycles. The van der Waals surface area contributed by atoms with Crippen LogP contribution in [0.15, 0.2) is 0 Å². The molecule has 1 aliphatic rings. The van der Waals surface area contributed by atoms with E-state index in [-0.39, 0.29) is 5.92 Å². The van der Waals surface area contributed by atoms with Crippen molar-refractivity contribution < 1.29 is 8.42 Å². The van der Waals surface area contributed by atoms with Gasteiger partial charge in [0.2, 0.25) is 0 Å². The molecule has 5 nitrogen and oxygen atoms in total. The Morgan fingerprint density at radius 1 is 1.62 bits per heavy atom. The smallest absolute Gasteiger partial charge is 0.279 e. The molecule has 6 heteroatoms. The van der Waals surface area contributed by atoms with Crippen molar-refractivity contribution in [2.75, 3.05) is 26.2 Å². The fraction of sp³-hybridized carbons (Fsp3) is 1.00. The maximum absolute atomic E-state index is 11.4. The summed E-state index contributed by atoms with van der Waals surface area (Å²) >= 11 is 0. The predicted molar refractivity (Wildman–Crippen MR) is 51.3 cm³/mol. The van der Waals surface area contributed by atoms with E-state index in [1.165, 1.54) is 4.31 Å². The van der Waals surface area contributed by atoms with Gasteiger partial charge in [-0.2, -0.15) is 12.7 Å². The number of nitrogens with one attached hydrogen (secondary N) is 1. The van der Waals surface area contributed by atoms with Gasteiger partial charge in [-0.15, -0.1) is 0 Å². The van der Waals surface area contributed by atoms with Crippen LogP contribution in [0.2, 0.25) is 0 Å². The highest BCUT2D eigenvalue weighted by molar-refractivity contribution is 7.87. The highest BCUT2D eigenvalue weighted by Crippen LogP contribution is 2.10. The van der Waals surface area contributed by atoms with E-state index >= 15 is 0 Å². The molecule has 1 fully saturated rings. The molecule has 1 saturated heterocycles. The Hall–Kier alpha value is -0.170. The van der Waals surface area contributed by atoms with Gasteiger partial charge in [0.05, 0.1) is 0 Å². The summed E-state index contributed by atoms with van der Waals surface area (Å²) in [5.74, 6) is 0.245. The van der Waals surface area contributed by atoms with Gasteiger partial charge in [0.15, 0.2) is 0 Å². The molecule has 0 aliphatic carbocycles. The second kappa shape index (κ2) is 4.36. The van der Waals surface area contributed by atoms with Gasteiger partial charge in [-0.05, 0) is 18.9 Å². The Kier molecular flexibility index (Phi) is 3.66. The lowest BCUT2D eigenvalue weighted by Crippen LogP contribution is -2.53. The lowest BCUT2D eigenvalue weighted by Gasteiger charge is -2.31. The van der Waals surface area contributed by atoms with Crippen molar-refractivity contribution >= 4 is 10.2 Å². The molecule has 0 amide bonds. The van der Waals surface area contributed by atoms with Crippen molar-refractivity contribution in [3.05, 3.63) is 0 Å². The van der Waals surface area contributed by atoms with Crippen LogP contribution in [-0.4, -0.2) is 38.9 Å². The molecule has 0 aromatic carbocycles. The number of hydrogen-bond acceptors (Lipinski definition) is 3. The van der Waals surface area contributed by atoms with Gasteiger partial charge >= 0.3 is 0 Å². The number of nitrogens with two attached hydrogens (primary N) is 1. The van der Waals surface area contributed by atoms with Crippen LogP contribution in [-0.2, 0) is 10.2 Å². The molecule has 1 atom stereocenters. The third kappa shape index (κ3) is 2.63. The molecule has 13 heavy (non-hydrogen) atoms. The zero-order chi connectivity index (χ0) is 9.90. The van der Waals surface area contributed by atoms with Gasteiger partial charge in [-0.25, -0.2) is 4.72 Å². The van der Waals surface area contributed by atoms with Crippen LogP contribution in [0.3, 0.4) is 0 Å². The first-order chi connectivity index (χ1) is 6.10. The SMILES string of the molecule is CCCN1CC(CN)CNS1(=O)=O. The average molecular weight is 207 g/mol. The normalized spacial score (nSPS) is 28.9. The molecule has 0 aromatic rings. The maximum atomic E-state index is 11.4. The van der Waals surface area contributed by atoms with Gasteiger partial charge < -0.3 is 5.73 Å². The van der Waals surface area contributed by atoms with Gasteiger partial charge in [-0.3, -0.25) is 0 Å². The molecule has 1 rings (SSSR count). The summed E-state index contributed by atoms with van der Waals surface area (Å²) in [5, 5.41) is 0. The van der Waals surface area contributed by atoms with Crippen LogP contribution in [0.5, 0.6) is 0 Å². The van der Waals surface area contributed by atoms with Crippen LogP contribution in [0, 0.1) is 5.92 Å². The Bertz CT molecular complexity index is 252. The fourth-order valence-electron chi connectivity index (χ4n) is 1.38. The van der Waals surface area contributed by atoms with Gasteiger partial charge in [0.1, 0.15) is 0 Å². The van der Waals surface area contributed by atoms with Gasteiger partial charge in [0.25, 0.3) is 10.2 Å². The van der Waals surface area contributed by atoms with E-state index in [4.69, 9.17) is 5.73 Å². The van der Waals surface area contributed by atoms with Crippen LogP contribution in [0.1, 0.15) is 13.3 Å². The number of hydrogen-bond donors (Lipinski definition) is 2. The summed E-state index contributed by atoms with van der Waals surface area (Å²) in [6.07, 6.45) is 0.832. The van der Waals surface area contributed by atoms with Crippen molar-refractivity contribution in [3.63, 3.8) is 0 Å². The summed E-state index contributed by atoms with van der Waals surface area (Å²) in [4.78, 5) is 0. The highest BCUT2D eigenvalue weighted by Gasteiger charge is 2.29. The fourth-order valence-corrected chi connectivity index (χ4v) is 2.84. The molecule has 0 aromatic heterocycles. The van der Waals surface area contributed by atoms with Crippen LogP contribution >= 0.6 is 0 Å². The lowest BCUT2D eigenvalue weighted by molar-refractivity contribution is 0.311. The van der Waals surface area contributed by atoms with E-state index in [9.17, 15) is 8.42 Å². The summed E-state index contributed by atoms with van der Waals surface area (Å²) in [7, 11) is -3.20. The Balaban J connectivity index is 2.64. The van der Waals surface area contributed by atoms with E-state index in [0.717, 1.165) is 6.42 Å². The third-order valence-corrected chi connectivity index (χ3v) is 3.71. The third-order valence-electron chi connectivity index (χ3n) is 2.16. The van der Waals surface area contributed by atoms with Crippen LogP contribution < -0.4 is 10.5 Å². The minimum atomic E-state index is -3.20. The van der Waals surface area contributed by atoms with E-state index in [2.05, 4.69) is 4.72 Å². The molecule has 1 aliphatic heterocycles. The summed E-state index contributed by atoms with van der Waals surface area (Å²) in [5.41, 5.74) is 5.49. The first-order valence-corrected chi connectivity index (χ1v) is 5.99. The van der Waals surface area contributed by atoms with Crippen molar-refractivity contribution in [1.82, 2.24) is 9.03 Å². The molecule has 78 valence electrons. The van der Waals surface area contributed by atoms with Crippen molar-refractivity contribution in [3.8, 4) is 0 Å². The van der Waals surface area contributed by atoms with E-state index < -0.39 is 10.2 Å². The highest BCUT2D eigenvalue weighted by atomic mass is 32.2. The standard InChI is InChI=1S/C7H17N3O2S/c1-2-3-10-6-7(4-8)5-9-13(10,11)12/h7,9H,2-6,8H2,1H3. The number of rotatable bonds is 3. The van der Waals surface area contributed by atoms with Crippen LogP contribution in [0.25, 0.3) is 0 Å². The first-order valence-electron chi connectivity index (χ1n) is 4.55. The molecule has 0 saturated carbocycles. The van der Waals surface area contributed by atoms with Crippen LogP contribution in [0.4, 0.5) is 0 Å². The van der Waals surface area contributed by atoms with Gasteiger partial charge in [-0.1, -0.05) is 6.92 Å². The Morgan fingerprint density at radius 2 is 2.31 bits per heavy atom. The topological polar surface area (TPSA) is 75.4 Å². The van der Waals surface area contributed by atoms with Crippen molar-refractivity contribution in [2.24, 2.45) is 11.7 Å². The second-order valence-corrected chi connectivity index (χ2v) is 5.07. The first kappa shape index (κ1) is 10.9. The average Bonchev–Trinajstić information content (AvgIpc) is 2.09. The molecule has 1 unspecified atom stereocenters. The minimum Gasteiger partial charge on any atom is -0.330 e. The Morgan fingerprint density at radius 3 is 2.85 bits per heavy atom. The molecule has 0 spiro atoms. The minimum absolute atomic E-state index is 0.245. The quantitative estimate of drug-likeness (QED) is 0.631. The second-order valence-electron chi connectivity index (χ2n) is 3.31. The number of nitrogens with zero attached hydrogens (tertiary/aromatic N) is 1. The zero-order valence-corrected chi connectivity index (χ0v) is 8.68. The molecular formula is C7H17N3O2S. The largest absolute Gasteiger partial charge is 0.330 e. The van der Waals surface area contributed by atoms with Crippen molar-refractivity contribution in [1.29, 1.82) is 0 Å². The van der Waals surface area contributed by atoms with Crippen molar-refractivity contribution in [2.45, 2.75) is 13.3 Å². The Labute approximate surface area is 79.5 Å². The molecule has 0 bridgehead atoms. The summed E-state index contributed by atoms with van der Waals surface area (Å²) in [6, 6.07) is 0. The maximum Gasteiger partial charge on any atom is 0.279 e. The van der Waals surface area contributed by atoms with E-state index in [1.54, 1.807) is 0 Å². The molecule has 3 N–H and O–H groups in total. The monoisotopic (exact) mass is 207 g/mol. The summed E-state index contributed by atoms with van der Waals surface area (Å²) in [6.45, 7) is 4.09. The summed E-state index contributed by atoms with van der Waals surface area (Å²) < 4.78 is 26.8. The lowest BCUT2D eigenvalue weighted by atomic mass is 10.1. The predicted octanol–water partition coefficient (Wildman–Crippen LogP) is -0.879. The van der Waals surface area contributed by atoms with Gasteiger partial charge in [0, 0.05) is 19.6 Å².